The van der Waals surface area contributed by atoms with Crippen molar-refractivity contribution < 1.29 is 0 Å². The first-order valence-corrected chi connectivity index (χ1v) is 6.68. The van der Waals surface area contributed by atoms with Gasteiger partial charge in [-0.15, -0.1) is 0 Å². The van der Waals surface area contributed by atoms with Gasteiger partial charge in [-0.25, -0.2) is 4.98 Å². The molecule has 0 bridgehead atoms. The maximum absolute atomic E-state index is 6.24. The summed E-state index contributed by atoms with van der Waals surface area (Å²) in [4.78, 5) is 4.06. The Balaban J connectivity index is 2.21. The average Bonchev–Trinajstić information content (AvgIpc) is 2.39. The molecule has 2 rings (SSSR count). The van der Waals surface area contributed by atoms with Gasteiger partial charge in [0.25, 0.3) is 0 Å². The molecular weight excluding hydrogens is 281 g/mol. The average molecular weight is 296 g/mol. The van der Waals surface area contributed by atoms with E-state index in [9.17, 15) is 0 Å². The Kier molecular flexibility index (Phi) is 4.77. The first-order valence-electron chi connectivity index (χ1n) is 5.92. The lowest BCUT2D eigenvalue weighted by atomic mass is 10.00. The third kappa shape index (κ3) is 3.67. The Labute approximate surface area is 122 Å². The number of pyridine rings is 1. The number of nitrogens with two attached hydrogens (primary N) is 1. The van der Waals surface area contributed by atoms with Gasteiger partial charge in [0.05, 0.1) is 6.04 Å². The number of halogens is 2. The Morgan fingerprint density at radius 2 is 2.05 bits per heavy atom. The van der Waals surface area contributed by atoms with Crippen LogP contribution >= 0.6 is 23.2 Å². The molecule has 0 aliphatic carbocycles. The fourth-order valence-electron chi connectivity index (χ4n) is 1.90. The minimum atomic E-state index is -0.0510. The number of benzene rings is 1. The lowest BCUT2D eigenvalue weighted by molar-refractivity contribution is 0.550. The predicted octanol–water partition coefficient (Wildman–Crippen LogP) is 3.44. The van der Waals surface area contributed by atoms with Crippen molar-refractivity contribution >= 4 is 23.2 Å². The van der Waals surface area contributed by atoms with Gasteiger partial charge in [0.2, 0.25) is 0 Å². The standard InChI is InChI=1S/C14H15Cl2N3/c1-9-2-3-10(12(15)6-9)7-13(19-17)11-4-5-14(16)18-8-11/h2-6,8,13,19H,7,17H2,1H3. The number of hydrogen-bond acceptors (Lipinski definition) is 3. The summed E-state index contributed by atoms with van der Waals surface area (Å²) in [6.07, 6.45) is 2.41. The second-order valence-electron chi connectivity index (χ2n) is 4.43. The van der Waals surface area contributed by atoms with Gasteiger partial charge in [-0.1, -0.05) is 41.4 Å². The van der Waals surface area contributed by atoms with Crippen LogP contribution in [0.2, 0.25) is 10.2 Å². The first kappa shape index (κ1) is 14.3. The number of aromatic nitrogens is 1. The van der Waals surface area contributed by atoms with E-state index in [1.807, 2.05) is 31.2 Å². The molecule has 19 heavy (non-hydrogen) atoms. The summed E-state index contributed by atoms with van der Waals surface area (Å²) in [5.74, 6) is 5.62. The van der Waals surface area contributed by atoms with Crippen molar-refractivity contribution in [2.24, 2.45) is 5.84 Å². The van der Waals surface area contributed by atoms with Gasteiger partial charge in [-0.2, -0.15) is 0 Å². The molecule has 0 aliphatic heterocycles. The normalized spacial score (nSPS) is 12.4. The van der Waals surface area contributed by atoms with E-state index in [-0.39, 0.29) is 6.04 Å². The molecule has 0 saturated carbocycles. The number of nitrogens with one attached hydrogen (secondary N) is 1. The monoisotopic (exact) mass is 295 g/mol. The van der Waals surface area contributed by atoms with Gasteiger partial charge < -0.3 is 0 Å². The molecular formula is C14H15Cl2N3. The van der Waals surface area contributed by atoms with Crippen LogP contribution in [-0.2, 0) is 6.42 Å². The van der Waals surface area contributed by atoms with E-state index in [1.165, 1.54) is 0 Å². The van der Waals surface area contributed by atoms with Crippen molar-refractivity contribution in [3.63, 3.8) is 0 Å². The van der Waals surface area contributed by atoms with Crippen molar-refractivity contribution in [2.75, 3.05) is 0 Å². The smallest absolute Gasteiger partial charge is 0.129 e. The van der Waals surface area contributed by atoms with Gasteiger partial charge in [0.1, 0.15) is 5.15 Å². The number of rotatable bonds is 4. The first-order chi connectivity index (χ1) is 9.10. The maximum atomic E-state index is 6.24. The summed E-state index contributed by atoms with van der Waals surface area (Å²) in [6.45, 7) is 2.01. The van der Waals surface area contributed by atoms with Crippen molar-refractivity contribution in [1.29, 1.82) is 0 Å². The molecule has 5 heteroatoms. The largest absolute Gasteiger partial charge is 0.271 e. The van der Waals surface area contributed by atoms with Crippen LogP contribution in [0.25, 0.3) is 0 Å². The lowest BCUT2D eigenvalue weighted by Crippen LogP contribution is -2.29. The second-order valence-corrected chi connectivity index (χ2v) is 5.23. The highest BCUT2D eigenvalue weighted by molar-refractivity contribution is 6.31. The quantitative estimate of drug-likeness (QED) is 0.516. The minimum absolute atomic E-state index is 0.0510. The molecule has 3 nitrogen and oxygen atoms in total. The van der Waals surface area contributed by atoms with E-state index in [2.05, 4.69) is 10.4 Å². The van der Waals surface area contributed by atoms with Crippen LogP contribution in [0.15, 0.2) is 36.5 Å². The molecule has 0 fully saturated rings. The summed E-state index contributed by atoms with van der Waals surface area (Å²) in [7, 11) is 0. The Morgan fingerprint density at radius 1 is 1.26 bits per heavy atom. The highest BCUT2D eigenvalue weighted by Crippen LogP contribution is 2.24. The third-order valence-corrected chi connectivity index (χ3v) is 3.56. The molecule has 1 aromatic carbocycles. The fraction of sp³-hybridized carbons (Fsp3) is 0.214. The van der Waals surface area contributed by atoms with E-state index in [1.54, 1.807) is 12.3 Å². The molecule has 0 saturated heterocycles. The number of aryl methyl sites for hydroxylation is 1. The number of hydrogen-bond donors (Lipinski definition) is 2. The second kappa shape index (κ2) is 6.35. The van der Waals surface area contributed by atoms with Crippen molar-refractivity contribution in [3.05, 3.63) is 63.4 Å². The topological polar surface area (TPSA) is 50.9 Å². The van der Waals surface area contributed by atoms with Crippen molar-refractivity contribution in [3.8, 4) is 0 Å². The van der Waals surface area contributed by atoms with Gasteiger partial charge >= 0.3 is 0 Å². The molecule has 3 N–H and O–H groups in total. The third-order valence-electron chi connectivity index (χ3n) is 2.99. The zero-order chi connectivity index (χ0) is 13.8. The number of nitrogens with zero attached hydrogens (tertiary/aromatic N) is 1. The maximum Gasteiger partial charge on any atom is 0.129 e. The highest BCUT2D eigenvalue weighted by Gasteiger charge is 2.13. The van der Waals surface area contributed by atoms with Gasteiger partial charge in [-0.3, -0.25) is 11.3 Å². The van der Waals surface area contributed by atoms with Crippen LogP contribution in [-0.4, -0.2) is 4.98 Å². The summed E-state index contributed by atoms with van der Waals surface area (Å²) in [6, 6.07) is 9.61. The molecule has 0 spiro atoms. The highest BCUT2D eigenvalue weighted by atomic mass is 35.5. The molecule has 1 heterocycles. The zero-order valence-electron chi connectivity index (χ0n) is 10.5. The van der Waals surface area contributed by atoms with Gasteiger partial charge in [0, 0.05) is 11.2 Å². The van der Waals surface area contributed by atoms with Gasteiger partial charge in [0.15, 0.2) is 0 Å². The Morgan fingerprint density at radius 3 is 2.63 bits per heavy atom. The van der Waals surface area contributed by atoms with E-state index in [0.29, 0.717) is 11.6 Å². The lowest BCUT2D eigenvalue weighted by Gasteiger charge is -2.17. The molecule has 100 valence electrons. The van der Waals surface area contributed by atoms with Crippen LogP contribution in [0.3, 0.4) is 0 Å². The van der Waals surface area contributed by atoms with Crippen LogP contribution < -0.4 is 11.3 Å². The van der Waals surface area contributed by atoms with Crippen LogP contribution in [0, 0.1) is 6.92 Å². The van der Waals surface area contributed by atoms with E-state index in [0.717, 1.165) is 21.7 Å². The molecule has 1 unspecified atom stereocenters. The molecule has 2 aromatic rings. The summed E-state index contributed by atoms with van der Waals surface area (Å²) in [5.41, 5.74) is 5.95. The Hall–Kier alpha value is -1.13. The van der Waals surface area contributed by atoms with Crippen LogP contribution in [0.4, 0.5) is 0 Å². The van der Waals surface area contributed by atoms with Crippen LogP contribution in [0.1, 0.15) is 22.7 Å². The molecule has 0 radical (unpaired) electrons. The fourth-order valence-corrected chi connectivity index (χ4v) is 2.33. The predicted molar refractivity (Wildman–Crippen MR) is 79.2 cm³/mol. The summed E-state index contributed by atoms with van der Waals surface area (Å²) in [5, 5.41) is 1.22. The van der Waals surface area contributed by atoms with Crippen molar-refractivity contribution in [2.45, 2.75) is 19.4 Å². The van der Waals surface area contributed by atoms with Crippen molar-refractivity contribution in [1.82, 2.24) is 10.4 Å². The van der Waals surface area contributed by atoms with Gasteiger partial charge in [-0.05, 0) is 42.2 Å². The van der Waals surface area contributed by atoms with E-state index < -0.39 is 0 Å². The van der Waals surface area contributed by atoms with E-state index in [4.69, 9.17) is 29.0 Å². The summed E-state index contributed by atoms with van der Waals surface area (Å²) < 4.78 is 0. The minimum Gasteiger partial charge on any atom is -0.271 e. The molecule has 1 atom stereocenters. The van der Waals surface area contributed by atoms with Crippen LogP contribution in [0.5, 0.6) is 0 Å². The zero-order valence-corrected chi connectivity index (χ0v) is 12.0. The SMILES string of the molecule is Cc1ccc(CC(NN)c2ccc(Cl)nc2)c(Cl)c1. The summed E-state index contributed by atoms with van der Waals surface area (Å²) >= 11 is 12.0. The number of hydrazine groups is 1. The Bertz CT molecular complexity index is 555. The van der Waals surface area contributed by atoms with E-state index >= 15 is 0 Å². The molecule has 0 aliphatic rings. The molecule has 0 amide bonds. The molecule has 1 aromatic heterocycles.